The molecule has 1 N–H and O–H groups in total. The van der Waals surface area contributed by atoms with Gasteiger partial charge in [-0.1, -0.05) is 6.92 Å². The Morgan fingerprint density at radius 2 is 2.05 bits per heavy atom. The molecule has 2 aromatic heterocycles. The Hall–Kier alpha value is -3.80. The Labute approximate surface area is 221 Å². The average molecular weight is 540 g/mol. The number of nitrogens with one attached hydrogen (secondary N) is 1. The monoisotopic (exact) mass is 539 g/mol. The maximum absolute atomic E-state index is 15.7. The highest BCUT2D eigenvalue weighted by Gasteiger charge is 2.32. The standard InChI is InChI=1S/C26H30FN7O3S/c1-15-7-6-10-37-25-18(13-28-33(25)3)21-12-17(11-16(2)29-21)24(35)31-26-30-20-9-8-19(32-38(4,5)36)22(27)23(20)34(26)14-15/h8-9,11-13,15H,6-7,10,14H2,1-5H3,(H,30,31,35). The van der Waals surface area contributed by atoms with Crippen molar-refractivity contribution in [2.24, 2.45) is 22.3 Å². The van der Waals surface area contributed by atoms with Gasteiger partial charge in [-0.25, -0.2) is 13.3 Å². The van der Waals surface area contributed by atoms with Gasteiger partial charge in [0, 0.05) is 47.1 Å². The number of carbonyl (C=O) groups is 1. The number of aromatic nitrogens is 3. The number of fused-ring (bicyclic) bond motifs is 7. The number of halogens is 1. The summed E-state index contributed by atoms with van der Waals surface area (Å²) < 4.78 is 39.8. The van der Waals surface area contributed by atoms with Gasteiger partial charge in [-0.2, -0.15) is 14.5 Å². The zero-order valence-electron chi connectivity index (χ0n) is 22.0. The van der Waals surface area contributed by atoms with Crippen LogP contribution in [0.2, 0.25) is 0 Å². The van der Waals surface area contributed by atoms with Gasteiger partial charge in [0.15, 0.2) is 5.82 Å². The van der Waals surface area contributed by atoms with Gasteiger partial charge in [-0.05, 0) is 49.9 Å². The lowest BCUT2D eigenvalue weighted by atomic mass is 10.0. The maximum atomic E-state index is 15.7. The summed E-state index contributed by atoms with van der Waals surface area (Å²) >= 11 is 0. The van der Waals surface area contributed by atoms with Crippen molar-refractivity contribution in [1.29, 1.82) is 0 Å². The molecule has 0 radical (unpaired) electrons. The number of pyridine rings is 1. The molecule has 1 atom stereocenters. The van der Waals surface area contributed by atoms with Gasteiger partial charge in [0.25, 0.3) is 5.91 Å². The molecule has 1 aromatic carbocycles. The second kappa shape index (κ2) is 9.82. The topological polar surface area (TPSA) is 114 Å². The quantitative estimate of drug-likeness (QED) is 0.483. The molecule has 5 rings (SSSR count). The molecule has 3 aromatic rings. The third-order valence-corrected chi connectivity index (χ3v) is 6.96. The summed E-state index contributed by atoms with van der Waals surface area (Å²) in [6, 6.07) is 6.47. The number of guanidine groups is 1. The third kappa shape index (κ3) is 5.13. The van der Waals surface area contributed by atoms with E-state index < -0.39 is 21.5 Å². The lowest BCUT2D eigenvalue weighted by Crippen LogP contribution is -2.35. The average Bonchev–Trinajstić information content (AvgIpc) is 3.37. The van der Waals surface area contributed by atoms with Crippen LogP contribution in [0.4, 0.5) is 21.5 Å². The lowest BCUT2D eigenvalue weighted by molar-refractivity contribution is 0.100. The summed E-state index contributed by atoms with van der Waals surface area (Å²) in [5.74, 6) is -0.197. The Bertz CT molecular complexity index is 1580. The third-order valence-electron chi connectivity index (χ3n) is 6.33. The molecule has 2 bridgehead atoms. The van der Waals surface area contributed by atoms with Crippen molar-refractivity contribution in [2.45, 2.75) is 26.7 Å². The zero-order chi connectivity index (χ0) is 27.2. The summed E-state index contributed by atoms with van der Waals surface area (Å²) in [6.45, 7) is 4.72. The first-order valence-electron chi connectivity index (χ1n) is 12.3. The van der Waals surface area contributed by atoms with E-state index in [4.69, 9.17) is 4.74 Å². The SMILES string of the molecule is Cc1cc2cc(n1)-c1cnn(C)c1OCCCC(C)CN1/C(=N/C2=O)Nc2ccc(N=S(C)(C)=O)c(F)c21. The number of ether oxygens (including phenoxy) is 1. The Morgan fingerprint density at radius 3 is 2.82 bits per heavy atom. The van der Waals surface area contributed by atoms with E-state index in [1.54, 1.807) is 47.9 Å². The Balaban J connectivity index is 1.62. The minimum Gasteiger partial charge on any atom is -0.477 e. The van der Waals surface area contributed by atoms with Gasteiger partial charge in [0.1, 0.15) is 11.4 Å². The molecular weight excluding hydrogens is 509 g/mol. The summed E-state index contributed by atoms with van der Waals surface area (Å²) in [6.07, 6.45) is 6.12. The maximum Gasteiger partial charge on any atom is 0.280 e. The van der Waals surface area contributed by atoms with Crippen LogP contribution in [0, 0.1) is 18.7 Å². The number of amides is 1. The largest absolute Gasteiger partial charge is 0.477 e. The number of hydrogen-bond donors (Lipinski definition) is 1. The number of anilines is 2. The molecule has 0 saturated heterocycles. The van der Waals surface area contributed by atoms with Crippen LogP contribution in [-0.4, -0.2) is 56.5 Å². The van der Waals surface area contributed by atoms with Gasteiger partial charge in [-0.15, -0.1) is 0 Å². The van der Waals surface area contributed by atoms with Crippen molar-refractivity contribution in [3.05, 3.63) is 47.5 Å². The highest BCUT2D eigenvalue weighted by molar-refractivity contribution is 7.92. The van der Waals surface area contributed by atoms with Gasteiger partial charge in [-0.3, -0.25) is 9.78 Å². The van der Waals surface area contributed by atoms with Crippen LogP contribution >= 0.6 is 0 Å². The number of benzene rings is 1. The van der Waals surface area contributed by atoms with Crippen molar-refractivity contribution >= 4 is 38.7 Å². The van der Waals surface area contributed by atoms with E-state index in [2.05, 4.69) is 31.7 Å². The van der Waals surface area contributed by atoms with Gasteiger partial charge >= 0.3 is 0 Å². The highest BCUT2D eigenvalue weighted by atomic mass is 32.2. The van der Waals surface area contributed by atoms with Crippen LogP contribution in [0.5, 0.6) is 5.88 Å². The van der Waals surface area contributed by atoms with Gasteiger partial charge < -0.3 is 15.0 Å². The van der Waals surface area contributed by atoms with Crippen LogP contribution in [0.25, 0.3) is 11.3 Å². The summed E-state index contributed by atoms with van der Waals surface area (Å²) in [4.78, 5) is 24.1. The molecule has 0 fully saturated rings. The van der Waals surface area contributed by atoms with Crippen LogP contribution in [0.15, 0.2) is 39.8 Å². The molecule has 0 spiro atoms. The molecule has 0 aliphatic carbocycles. The van der Waals surface area contributed by atoms with Gasteiger partial charge in [0.2, 0.25) is 11.8 Å². The number of rotatable bonds is 1. The number of aryl methyl sites for hydroxylation is 2. The molecule has 1 unspecified atom stereocenters. The molecule has 38 heavy (non-hydrogen) atoms. The Kier molecular flexibility index (Phi) is 6.68. The summed E-state index contributed by atoms with van der Waals surface area (Å²) in [7, 11) is -0.781. The van der Waals surface area contributed by atoms with E-state index in [0.29, 0.717) is 47.2 Å². The first kappa shape index (κ1) is 25.8. The molecule has 2 aliphatic heterocycles. The van der Waals surface area contributed by atoms with Crippen LogP contribution in [0.3, 0.4) is 0 Å². The number of hydrogen-bond acceptors (Lipinski definition) is 8. The fourth-order valence-electron chi connectivity index (χ4n) is 4.65. The molecule has 12 heteroatoms. The first-order valence-corrected chi connectivity index (χ1v) is 14.6. The minimum atomic E-state index is -2.58. The predicted molar refractivity (Wildman–Crippen MR) is 146 cm³/mol. The predicted octanol–water partition coefficient (Wildman–Crippen LogP) is 4.53. The van der Waals surface area contributed by atoms with Crippen molar-refractivity contribution in [3.63, 3.8) is 0 Å². The number of nitrogens with zero attached hydrogens (tertiary/aromatic N) is 6. The second-order valence-corrected chi connectivity index (χ2v) is 12.6. The lowest BCUT2D eigenvalue weighted by Gasteiger charge is -2.23. The second-order valence-electron chi connectivity index (χ2n) is 10.0. The minimum absolute atomic E-state index is 0.00541. The van der Waals surface area contributed by atoms with Crippen LogP contribution in [0.1, 0.15) is 35.8 Å². The molecule has 200 valence electrons. The highest BCUT2D eigenvalue weighted by Crippen LogP contribution is 2.40. The summed E-state index contributed by atoms with van der Waals surface area (Å²) in [5.41, 5.74) is 2.93. The van der Waals surface area contributed by atoms with Crippen molar-refractivity contribution in [3.8, 4) is 17.1 Å². The van der Waals surface area contributed by atoms with E-state index in [9.17, 15) is 9.00 Å². The summed E-state index contributed by atoms with van der Waals surface area (Å²) in [5, 5.41) is 7.42. The molecular formula is C26H30FN7O3S. The smallest absolute Gasteiger partial charge is 0.280 e. The first-order chi connectivity index (χ1) is 18.0. The van der Waals surface area contributed by atoms with Crippen molar-refractivity contribution < 1.29 is 18.1 Å². The molecule has 4 heterocycles. The zero-order valence-corrected chi connectivity index (χ0v) is 22.8. The molecule has 0 saturated carbocycles. The van der Waals surface area contributed by atoms with E-state index in [-0.39, 0.29) is 23.3 Å². The Morgan fingerprint density at radius 1 is 1.26 bits per heavy atom. The van der Waals surface area contributed by atoms with E-state index in [0.717, 1.165) is 12.8 Å². The molecule has 10 nitrogen and oxygen atoms in total. The van der Waals surface area contributed by atoms with Crippen LogP contribution < -0.4 is 15.0 Å². The fourth-order valence-corrected chi connectivity index (χ4v) is 5.27. The van der Waals surface area contributed by atoms with E-state index in [1.165, 1.54) is 18.6 Å². The number of carbonyl (C=O) groups excluding carboxylic acids is 1. The van der Waals surface area contributed by atoms with Crippen LogP contribution in [-0.2, 0) is 16.8 Å². The van der Waals surface area contributed by atoms with E-state index >= 15 is 4.39 Å². The number of aliphatic imine (C=N–C) groups is 1. The van der Waals surface area contributed by atoms with E-state index in [1.807, 2.05) is 0 Å². The molecule has 2 aliphatic rings. The normalized spacial score (nSPS) is 19.1. The van der Waals surface area contributed by atoms with Crippen molar-refractivity contribution in [1.82, 2.24) is 14.8 Å². The van der Waals surface area contributed by atoms with Crippen molar-refractivity contribution in [2.75, 3.05) is 35.9 Å². The molecule has 1 amide bonds. The van der Waals surface area contributed by atoms with Gasteiger partial charge in [0.05, 0.1) is 29.7 Å². The fraction of sp³-hybridized carbons (Fsp3) is 0.385.